The maximum absolute atomic E-state index is 13.0. The van der Waals surface area contributed by atoms with E-state index in [1.165, 1.54) is 26.2 Å². The Balaban J connectivity index is 1.68. The molecule has 35 heavy (non-hydrogen) atoms. The minimum Gasteiger partial charge on any atom is -0.488 e. The molecule has 0 aliphatic carbocycles. The van der Waals surface area contributed by atoms with Crippen molar-refractivity contribution in [2.24, 2.45) is 0 Å². The SMILES string of the molecule is COC(=O)[C@@H](C)N1C(=O)S/C(=C/c2c(OCc3ccc(C(=O)O)cc3)ccc3ccccc23)C1=O. The van der Waals surface area contributed by atoms with Crippen molar-refractivity contribution in [3.05, 3.63) is 82.3 Å². The highest BCUT2D eigenvalue weighted by Gasteiger charge is 2.41. The minimum absolute atomic E-state index is 0.165. The predicted octanol–water partition coefficient (Wildman–Crippen LogP) is 4.71. The maximum atomic E-state index is 13.0. The highest BCUT2D eigenvalue weighted by atomic mass is 32.2. The molecule has 1 heterocycles. The highest BCUT2D eigenvalue weighted by Crippen LogP contribution is 2.38. The number of carboxylic acids is 1. The molecule has 1 saturated heterocycles. The number of aromatic carboxylic acids is 1. The molecule has 8 nitrogen and oxygen atoms in total. The maximum Gasteiger partial charge on any atom is 0.335 e. The first-order valence-electron chi connectivity index (χ1n) is 10.6. The molecule has 178 valence electrons. The van der Waals surface area contributed by atoms with Gasteiger partial charge in [0.15, 0.2) is 0 Å². The number of hydrogen-bond donors (Lipinski definition) is 1. The standard InChI is InChI=1S/C26H21NO7S/c1-15(25(31)33-2)27-23(28)22(35-26(27)32)13-20-19-6-4-3-5-17(19)11-12-21(20)34-14-16-7-9-18(10-8-16)24(29)30/h3-13,15H,14H2,1-2H3,(H,29,30)/b22-13+/t15-/m1/s1. The van der Waals surface area contributed by atoms with E-state index in [1.807, 2.05) is 30.3 Å². The van der Waals surface area contributed by atoms with Crippen molar-refractivity contribution in [2.45, 2.75) is 19.6 Å². The fourth-order valence-corrected chi connectivity index (χ4v) is 4.57. The largest absolute Gasteiger partial charge is 0.488 e. The third-order valence-corrected chi connectivity index (χ3v) is 6.44. The van der Waals surface area contributed by atoms with Crippen molar-refractivity contribution < 1.29 is 33.8 Å². The second-order valence-corrected chi connectivity index (χ2v) is 8.73. The Kier molecular flexibility index (Phi) is 6.88. The Hall–Kier alpha value is -4.11. The van der Waals surface area contributed by atoms with Gasteiger partial charge in [0.25, 0.3) is 11.1 Å². The van der Waals surface area contributed by atoms with Crippen molar-refractivity contribution >= 4 is 51.7 Å². The van der Waals surface area contributed by atoms with Crippen LogP contribution in [0.15, 0.2) is 65.6 Å². The van der Waals surface area contributed by atoms with Gasteiger partial charge in [-0.25, -0.2) is 9.59 Å². The lowest BCUT2D eigenvalue weighted by Crippen LogP contribution is -2.42. The molecule has 0 spiro atoms. The van der Waals surface area contributed by atoms with Crippen molar-refractivity contribution in [2.75, 3.05) is 7.11 Å². The van der Waals surface area contributed by atoms with Gasteiger partial charge in [-0.3, -0.25) is 14.5 Å². The van der Waals surface area contributed by atoms with Crippen LogP contribution in [0.2, 0.25) is 0 Å². The van der Waals surface area contributed by atoms with Gasteiger partial charge in [0.05, 0.1) is 17.6 Å². The van der Waals surface area contributed by atoms with E-state index in [9.17, 15) is 19.2 Å². The number of carboxylic acid groups (broad SMARTS) is 1. The quantitative estimate of drug-likeness (QED) is 0.374. The zero-order chi connectivity index (χ0) is 25.1. The molecule has 1 aliphatic heterocycles. The topological polar surface area (TPSA) is 110 Å². The molecule has 1 aliphatic rings. The number of rotatable bonds is 7. The normalized spacial score (nSPS) is 15.5. The molecule has 0 aromatic heterocycles. The molecule has 3 aromatic carbocycles. The predicted molar refractivity (Wildman–Crippen MR) is 131 cm³/mol. The third-order valence-electron chi connectivity index (χ3n) is 5.55. The Morgan fingerprint density at radius 2 is 1.77 bits per heavy atom. The molecule has 0 saturated carbocycles. The van der Waals surface area contributed by atoms with Gasteiger partial charge in [-0.15, -0.1) is 0 Å². The lowest BCUT2D eigenvalue weighted by Gasteiger charge is -2.18. The van der Waals surface area contributed by atoms with Crippen LogP contribution in [0.5, 0.6) is 5.75 Å². The summed E-state index contributed by atoms with van der Waals surface area (Å²) in [6, 6.07) is 16.5. The number of methoxy groups -OCH3 is 1. The third kappa shape index (κ3) is 4.90. The number of thioether (sulfide) groups is 1. The van der Waals surface area contributed by atoms with Gasteiger partial charge in [-0.2, -0.15) is 0 Å². The summed E-state index contributed by atoms with van der Waals surface area (Å²) >= 11 is 0.748. The van der Waals surface area contributed by atoms with E-state index in [2.05, 4.69) is 4.74 Å². The summed E-state index contributed by atoms with van der Waals surface area (Å²) in [5.41, 5.74) is 1.56. The van der Waals surface area contributed by atoms with Crippen LogP contribution in [-0.4, -0.2) is 46.2 Å². The van der Waals surface area contributed by atoms with Gasteiger partial charge in [0, 0.05) is 5.56 Å². The Bertz CT molecular complexity index is 1360. The van der Waals surface area contributed by atoms with Crippen LogP contribution >= 0.6 is 11.8 Å². The smallest absolute Gasteiger partial charge is 0.335 e. The number of amides is 2. The second-order valence-electron chi connectivity index (χ2n) is 7.74. The van der Waals surface area contributed by atoms with E-state index < -0.39 is 29.1 Å². The van der Waals surface area contributed by atoms with E-state index in [0.717, 1.165) is 33.0 Å². The molecule has 0 bridgehead atoms. The van der Waals surface area contributed by atoms with Crippen LogP contribution < -0.4 is 4.74 Å². The monoisotopic (exact) mass is 491 g/mol. The molecule has 4 rings (SSSR count). The lowest BCUT2D eigenvalue weighted by molar-refractivity contribution is -0.148. The first-order chi connectivity index (χ1) is 16.8. The van der Waals surface area contributed by atoms with Crippen molar-refractivity contribution in [1.29, 1.82) is 0 Å². The van der Waals surface area contributed by atoms with E-state index in [0.29, 0.717) is 11.3 Å². The number of carbonyl (C=O) groups is 4. The van der Waals surface area contributed by atoms with Gasteiger partial charge < -0.3 is 14.6 Å². The summed E-state index contributed by atoms with van der Waals surface area (Å²) < 4.78 is 10.7. The molecule has 9 heteroatoms. The number of imide groups is 1. The lowest BCUT2D eigenvalue weighted by atomic mass is 10.0. The van der Waals surface area contributed by atoms with Gasteiger partial charge in [-0.1, -0.05) is 42.5 Å². The van der Waals surface area contributed by atoms with E-state index >= 15 is 0 Å². The Morgan fingerprint density at radius 1 is 1.06 bits per heavy atom. The van der Waals surface area contributed by atoms with Crippen LogP contribution in [0.3, 0.4) is 0 Å². The van der Waals surface area contributed by atoms with Crippen molar-refractivity contribution in [1.82, 2.24) is 4.90 Å². The summed E-state index contributed by atoms with van der Waals surface area (Å²) in [5.74, 6) is -1.79. The zero-order valence-corrected chi connectivity index (χ0v) is 19.7. The van der Waals surface area contributed by atoms with Crippen molar-refractivity contribution in [3.8, 4) is 5.75 Å². The Morgan fingerprint density at radius 3 is 2.46 bits per heavy atom. The minimum atomic E-state index is -1.05. The van der Waals surface area contributed by atoms with Gasteiger partial charge in [0.2, 0.25) is 0 Å². The summed E-state index contributed by atoms with van der Waals surface area (Å²) in [5, 5.41) is 10.3. The number of fused-ring (bicyclic) bond motifs is 1. The molecule has 3 aromatic rings. The van der Waals surface area contributed by atoms with Gasteiger partial charge in [0.1, 0.15) is 18.4 Å². The number of ether oxygens (including phenoxy) is 2. The van der Waals surface area contributed by atoms with Gasteiger partial charge in [-0.05, 0) is 59.3 Å². The van der Waals surface area contributed by atoms with Crippen LogP contribution in [0.1, 0.15) is 28.4 Å². The number of esters is 1. The van der Waals surface area contributed by atoms with Crippen LogP contribution in [0.25, 0.3) is 16.8 Å². The van der Waals surface area contributed by atoms with Crippen LogP contribution in [0, 0.1) is 0 Å². The second kappa shape index (κ2) is 10.0. The fraction of sp³-hybridized carbons (Fsp3) is 0.154. The first kappa shape index (κ1) is 24.0. The van der Waals surface area contributed by atoms with E-state index in [4.69, 9.17) is 9.84 Å². The zero-order valence-electron chi connectivity index (χ0n) is 18.9. The molecular formula is C26H21NO7S. The number of carbonyl (C=O) groups excluding carboxylic acids is 3. The number of hydrogen-bond acceptors (Lipinski definition) is 7. The molecule has 1 atom stereocenters. The average Bonchev–Trinajstić information content (AvgIpc) is 3.15. The fourth-order valence-electron chi connectivity index (χ4n) is 3.68. The highest BCUT2D eigenvalue weighted by molar-refractivity contribution is 8.18. The first-order valence-corrected chi connectivity index (χ1v) is 11.4. The van der Waals surface area contributed by atoms with Crippen LogP contribution in [0.4, 0.5) is 4.79 Å². The number of benzene rings is 3. The van der Waals surface area contributed by atoms with Crippen LogP contribution in [-0.2, 0) is 20.9 Å². The van der Waals surface area contributed by atoms with Gasteiger partial charge >= 0.3 is 11.9 Å². The molecule has 2 amide bonds. The summed E-state index contributed by atoms with van der Waals surface area (Å²) in [4.78, 5) is 49.6. The molecule has 0 radical (unpaired) electrons. The summed E-state index contributed by atoms with van der Waals surface area (Å²) in [7, 11) is 1.20. The van der Waals surface area contributed by atoms with E-state index in [-0.39, 0.29) is 17.1 Å². The average molecular weight is 492 g/mol. The van der Waals surface area contributed by atoms with E-state index in [1.54, 1.807) is 24.3 Å². The number of nitrogens with zero attached hydrogens (tertiary/aromatic N) is 1. The molecule has 1 fully saturated rings. The molecule has 1 N–H and O–H groups in total. The summed E-state index contributed by atoms with van der Waals surface area (Å²) in [6.45, 7) is 1.60. The summed E-state index contributed by atoms with van der Waals surface area (Å²) in [6.07, 6.45) is 1.60. The molecule has 0 unspecified atom stereocenters. The van der Waals surface area contributed by atoms with Crippen molar-refractivity contribution in [3.63, 3.8) is 0 Å². The Labute approximate surface area is 205 Å². The molecular weight excluding hydrogens is 470 g/mol.